The lowest BCUT2D eigenvalue weighted by atomic mass is 10.2. The molecule has 0 aliphatic carbocycles. The molecule has 0 heterocycles. The maximum atomic E-state index is 12.9. The Labute approximate surface area is 96.7 Å². The van der Waals surface area contributed by atoms with E-state index in [4.69, 9.17) is 0 Å². The molecule has 0 fully saturated rings. The first kappa shape index (κ1) is 10.9. The minimum absolute atomic E-state index is 0.327. The van der Waals surface area contributed by atoms with Crippen LogP contribution in [0.5, 0.6) is 0 Å². The fraction of sp³-hybridized carbons (Fsp3) is 0.125. The molecule has 0 saturated carbocycles. The van der Waals surface area contributed by atoms with E-state index in [0.717, 1.165) is 0 Å². The average molecular weight is 359 g/mol. The molecule has 0 aromatic heterocycles. The molecule has 5 heteroatoms. The van der Waals surface area contributed by atoms with Crippen LogP contribution in [0.4, 0.5) is 4.39 Å². The van der Waals surface area contributed by atoms with Gasteiger partial charge < -0.3 is 4.74 Å². The van der Waals surface area contributed by atoms with Crippen molar-refractivity contribution in [1.82, 2.24) is 0 Å². The first-order valence-electron chi connectivity index (χ1n) is 3.29. The molecule has 70 valence electrons. The molecule has 0 bridgehead atoms. The number of hydrogen-bond acceptors (Lipinski definition) is 2. The minimum atomic E-state index is -0.482. The number of esters is 1. The average Bonchev–Trinajstić information content (AvgIpc) is 2.10. The molecule has 0 aliphatic rings. The zero-order valence-electron chi connectivity index (χ0n) is 6.61. The Morgan fingerprint density at radius 2 is 2.23 bits per heavy atom. The van der Waals surface area contributed by atoms with Crippen molar-refractivity contribution < 1.29 is 13.9 Å². The van der Waals surface area contributed by atoms with Gasteiger partial charge in [-0.15, -0.1) is 0 Å². The molecule has 0 saturated heterocycles. The number of methoxy groups -OCH3 is 1. The van der Waals surface area contributed by atoms with Gasteiger partial charge in [0.05, 0.1) is 12.7 Å². The van der Waals surface area contributed by atoms with Crippen LogP contribution in [0.2, 0.25) is 0 Å². The molecule has 0 unspecified atom stereocenters. The predicted molar refractivity (Wildman–Crippen MR) is 58.2 cm³/mol. The first-order valence-corrected chi connectivity index (χ1v) is 5.16. The summed E-state index contributed by atoms with van der Waals surface area (Å²) in [5, 5.41) is 0. The maximum Gasteiger partial charge on any atom is 0.339 e. The SMILES string of the molecule is COC(=O)c1cc(I)c(F)cc1Br. The lowest BCUT2D eigenvalue weighted by molar-refractivity contribution is 0.0599. The Bertz CT molecular complexity index is 354. The van der Waals surface area contributed by atoms with Crippen molar-refractivity contribution in [3.63, 3.8) is 0 Å². The van der Waals surface area contributed by atoms with Gasteiger partial charge in [-0.05, 0) is 50.7 Å². The van der Waals surface area contributed by atoms with Gasteiger partial charge in [0, 0.05) is 8.04 Å². The quantitative estimate of drug-likeness (QED) is 0.438. The molecule has 0 amide bonds. The standard InChI is InChI=1S/C8H5BrFIO2/c1-13-8(12)4-2-7(11)6(10)3-5(4)9/h2-3H,1H3. The van der Waals surface area contributed by atoms with Crippen LogP contribution in [0.15, 0.2) is 16.6 Å². The fourth-order valence-electron chi connectivity index (χ4n) is 0.789. The van der Waals surface area contributed by atoms with Crippen molar-refractivity contribution in [2.45, 2.75) is 0 Å². The van der Waals surface area contributed by atoms with Crippen molar-refractivity contribution in [3.8, 4) is 0 Å². The predicted octanol–water partition coefficient (Wildman–Crippen LogP) is 2.98. The van der Waals surface area contributed by atoms with Crippen molar-refractivity contribution >= 4 is 44.5 Å². The van der Waals surface area contributed by atoms with E-state index in [0.29, 0.717) is 13.6 Å². The van der Waals surface area contributed by atoms with E-state index in [-0.39, 0.29) is 5.82 Å². The highest BCUT2D eigenvalue weighted by molar-refractivity contribution is 14.1. The monoisotopic (exact) mass is 358 g/mol. The third kappa shape index (κ3) is 2.40. The molecular weight excluding hydrogens is 354 g/mol. The van der Waals surface area contributed by atoms with Gasteiger partial charge in [0.2, 0.25) is 0 Å². The molecule has 1 aromatic rings. The minimum Gasteiger partial charge on any atom is -0.465 e. The van der Waals surface area contributed by atoms with Crippen LogP contribution >= 0.6 is 38.5 Å². The number of carbonyl (C=O) groups is 1. The Kier molecular flexibility index (Phi) is 3.66. The van der Waals surface area contributed by atoms with Gasteiger partial charge >= 0.3 is 5.97 Å². The Morgan fingerprint density at radius 1 is 1.62 bits per heavy atom. The zero-order valence-corrected chi connectivity index (χ0v) is 10.3. The molecule has 0 spiro atoms. The summed E-state index contributed by atoms with van der Waals surface area (Å²) in [5.74, 6) is -0.843. The topological polar surface area (TPSA) is 26.3 Å². The van der Waals surface area contributed by atoms with E-state index in [1.807, 2.05) is 22.6 Å². The molecule has 2 nitrogen and oxygen atoms in total. The van der Waals surface area contributed by atoms with E-state index in [1.54, 1.807) is 0 Å². The normalized spacial score (nSPS) is 9.85. The van der Waals surface area contributed by atoms with Gasteiger partial charge in [-0.3, -0.25) is 0 Å². The number of carbonyl (C=O) groups excluding carboxylic acids is 1. The van der Waals surface area contributed by atoms with E-state index in [2.05, 4.69) is 20.7 Å². The van der Waals surface area contributed by atoms with Gasteiger partial charge in [-0.25, -0.2) is 9.18 Å². The summed E-state index contributed by atoms with van der Waals surface area (Å²) in [6.07, 6.45) is 0. The molecule has 0 N–H and O–H groups in total. The van der Waals surface area contributed by atoms with Gasteiger partial charge in [-0.1, -0.05) is 0 Å². The fourth-order valence-corrected chi connectivity index (χ4v) is 1.73. The first-order chi connectivity index (χ1) is 6.06. The summed E-state index contributed by atoms with van der Waals surface area (Å²) in [6, 6.07) is 2.68. The third-order valence-electron chi connectivity index (χ3n) is 1.42. The van der Waals surface area contributed by atoms with Crippen LogP contribution in [-0.4, -0.2) is 13.1 Å². The third-order valence-corrected chi connectivity index (χ3v) is 2.90. The number of halogens is 3. The van der Waals surface area contributed by atoms with Crippen LogP contribution in [0.3, 0.4) is 0 Å². The van der Waals surface area contributed by atoms with E-state index < -0.39 is 5.97 Å². The van der Waals surface area contributed by atoms with Crippen LogP contribution in [0.1, 0.15) is 10.4 Å². The summed E-state index contributed by atoms with van der Waals surface area (Å²) >= 11 is 4.89. The summed E-state index contributed by atoms with van der Waals surface area (Å²) in [7, 11) is 1.28. The summed E-state index contributed by atoms with van der Waals surface area (Å²) in [4.78, 5) is 11.1. The number of hydrogen-bond donors (Lipinski definition) is 0. The highest BCUT2D eigenvalue weighted by Crippen LogP contribution is 2.22. The van der Waals surface area contributed by atoms with Gasteiger partial charge in [0.25, 0.3) is 0 Å². The molecular formula is C8H5BrFIO2. The van der Waals surface area contributed by atoms with Gasteiger partial charge in [-0.2, -0.15) is 0 Å². The number of benzene rings is 1. The zero-order chi connectivity index (χ0) is 10.0. The number of ether oxygens (including phenoxy) is 1. The van der Waals surface area contributed by atoms with Crippen LogP contribution in [0.25, 0.3) is 0 Å². The lowest BCUT2D eigenvalue weighted by Crippen LogP contribution is -2.03. The summed E-state index contributed by atoms with van der Waals surface area (Å²) < 4.78 is 18.2. The second kappa shape index (κ2) is 4.36. The van der Waals surface area contributed by atoms with Crippen molar-refractivity contribution in [2.75, 3.05) is 7.11 Å². The van der Waals surface area contributed by atoms with Crippen molar-refractivity contribution in [3.05, 3.63) is 31.6 Å². The highest BCUT2D eigenvalue weighted by atomic mass is 127. The smallest absolute Gasteiger partial charge is 0.339 e. The number of rotatable bonds is 1. The van der Waals surface area contributed by atoms with Gasteiger partial charge in [0.15, 0.2) is 0 Å². The van der Waals surface area contributed by atoms with Crippen LogP contribution in [0, 0.1) is 9.39 Å². The van der Waals surface area contributed by atoms with Crippen LogP contribution < -0.4 is 0 Å². The molecule has 0 radical (unpaired) electrons. The van der Waals surface area contributed by atoms with Crippen LogP contribution in [-0.2, 0) is 4.74 Å². The van der Waals surface area contributed by atoms with E-state index >= 15 is 0 Å². The van der Waals surface area contributed by atoms with E-state index in [9.17, 15) is 9.18 Å². The molecule has 0 aliphatic heterocycles. The molecule has 1 rings (SSSR count). The molecule has 1 aromatic carbocycles. The summed E-state index contributed by atoms with van der Waals surface area (Å²) in [5.41, 5.74) is 0.327. The lowest BCUT2D eigenvalue weighted by Gasteiger charge is -2.03. The van der Waals surface area contributed by atoms with Gasteiger partial charge in [0.1, 0.15) is 5.82 Å². The van der Waals surface area contributed by atoms with Crippen molar-refractivity contribution in [2.24, 2.45) is 0 Å². The maximum absolute atomic E-state index is 12.9. The molecule has 0 atom stereocenters. The van der Waals surface area contributed by atoms with Crippen molar-refractivity contribution in [1.29, 1.82) is 0 Å². The van der Waals surface area contributed by atoms with E-state index in [1.165, 1.54) is 19.2 Å². The largest absolute Gasteiger partial charge is 0.465 e. The molecule has 13 heavy (non-hydrogen) atoms. The highest BCUT2D eigenvalue weighted by Gasteiger charge is 2.13. The second-order valence-corrected chi connectivity index (χ2v) is 4.25. The second-order valence-electron chi connectivity index (χ2n) is 2.24. The Balaban J connectivity index is 3.23. The Hall–Kier alpha value is -0.170. The summed E-state index contributed by atoms with van der Waals surface area (Å²) in [6.45, 7) is 0. The Morgan fingerprint density at radius 3 is 2.77 bits per heavy atom.